The molecule has 4 heterocycles. The number of nitrogens with two attached hydrogens (primary N) is 1. The summed E-state index contributed by atoms with van der Waals surface area (Å²) in [5.41, 5.74) is 4.13. The Morgan fingerprint density at radius 2 is 2.22 bits per heavy atom. The third-order valence-corrected chi connectivity index (χ3v) is 5.74. The van der Waals surface area contributed by atoms with Crippen molar-refractivity contribution in [2.45, 2.75) is 18.6 Å². The SMILES string of the molecule is CC(O)(C(=O)Nc1ccc2c(N)noc2c1)[C@H]1OCCN(c2nn(-c3cnnc(C#N)c3)cc2F)C1=O. The van der Waals surface area contributed by atoms with Crippen LogP contribution < -0.4 is 16.0 Å². The lowest BCUT2D eigenvalue weighted by Gasteiger charge is -2.37. The minimum absolute atomic E-state index is 0.00884. The normalized spacial score (nSPS) is 17.4. The van der Waals surface area contributed by atoms with Gasteiger partial charge in [0.05, 0.1) is 36.6 Å². The Morgan fingerprint density at radius 1 is 1.41 bits per heavy atom. The van der Waals surface area contributed by atoms with Crippen molar-refractivity contribution in [2.24, 2.45) is 0 Å². The molecule has 1 unspecified atom stereocenters. The van der Waals surface area contributed by atoms with Crippen molar-refractivity contribution in [3.8, 4) is 11.8 Å². The lowest BCUT2D eigenvalue weighted by molar-refractivity contribution is -0.165. The van der Waals surface area contributed by atoms with E-state index in [0.29, 0.717) is 11.0 Å². The van der Waals surface area contributed by atoms with E-state index in [1.165, 1.54) is 24.4 Å². The summed E-state index contributed by atoms with van der Waals surface area (Å²) in [5.74, 6) is -2.84. The zero-order valence-electron chi connectivity index (χ0n) is 19.1. The maximum atomic E-state index is 14.9. The standard InChI is InChI=1S/C22H18FN9O5/c1-22(35,21(34)27-11-2-3-14-16(7-11)37-30-18(14)25)17-20(33)31(4-5-36-17)19-15(23)10-32(29-19)13-6-12(8-24)28-26-9-13/h2-3,6-7,9-10,17,35H,4-5H2,1H3,(H2,25,30)(H,27,34)/t17-,22?/m0/s1. The van der Waals surface area contributed by atoms with Crippen LogP contribution in [0.4, 0.5) is 21.7 Å². The molecule has 2 amide bonds. The van der Waals surface area contributed by atoms with Crippen LogP contribution in [0.1, 0.15) is 12.6 Å². The minimum atomic E-state index is -2.35. The van der Waals surface area contributed by atoms with Crippen molar-refractivity contribution < 1.29 is 28.3 Å². The highest BCUT2D eigenvalue weighted by molar-refractivity contribution is 6.06. The Morgan fingerprint density at radius 3 is 3.00 bits per heavy atom. The first-order valence-electron chi connectivity index (χ1n) is 10.8. The van der Waals surface area contributed by atoms with Gasteiger partial charge >= 0.3 is 0 Å². The van der Waals surface area contributed by atoms with Gasteiger partial charge in [-0.1, -0.05) is 5.16 Å². The molecule has 37 heavy (non-hydrogen) atoms. The monoisotopic (exact) mass is 507 g/mol. The number of halogens is 1. The van der Waals surface area contributed by atoms with Crippen LogP contribution >= 0.6 is 0 Å². The van der Waals surface area contributed by atoms with Crippen LogP contribution in [0, 0.1) is 17.1 Å². The molecule has 188 valence electrons. The molecule has 1 aliphatic rings. The molecule has 15 heteroatoms. The molecule has 14 nitrogen and oxygen atoms in total. The van der Waals surface area contributed by atoms with Crippen LogP contribution in [0.25, 0.3) is 16.7 Å². The number of amides is 2. The first-order chi connectivity index (χ1) is 17.7. The van der Waals surface area contributed by atoms with E-state index >= 15 is 0 Å². The summed E-state index contributed by atoms with van der Waals surface area (Å²) in [4.78, 5) is 27.2. The lowest BCUT2D eigenvalue weighted by Crippen LogP contribution is -2.61. The number of hydrogen-bond acceptors (Lipinski definition) is 11. The average Bonchev–Trinajstić information content (AvgIpc) is 3.46. The Kier molecular flexibility index (Phi) is 5.74. The van der Waals surface area contributed by atoms with E-state index in [1.807, 2.05) is 6.07 Å². The number of morpholine rings is 1. The number of carbonyl (C=O) groups excluding carboxylic acids is 2. The number of hydrogen-bond donors (Lipinski definition) is 3. The van der Waals surface area contributed by atoms with Crippen LogP contribution in [0.3, 0.4) is 0 Å². The van der Waals surface area contributed by atoms with Gasteiger partial charge in [-0.25, -0.2) is 9.07 Å². The zero-order chi connectivity index (χ0) is 26.3. The zero-order valence-corrected chi connectivity index (χ0v) is 19.1. The number of fused-ring (bicyclic) bond motifs is 1. The van der Waals surface area contributed by atoms with E-state index in [0.717, 1.165) is 22.7 Å². The number of nitriles is 1. The molecule has 0 radical (unpaired) electrons. The van der Waals surface area contributed by atoms with E-state index in [1.54, 1.807) is 6.07 Å². The van der Waals surface area contributed by atoms with Crippen molar-refractivity contribution >= 4 is 40.1 Å². The summed E-state index contributed by atoms with van der Waals surface area (Å²) < 4.78 is 26.5. The van der Waals surface area contributed by atoms with Gasteiger partial charge in [0.15, 0.2) is 40.4 Å². The number of carbonyl (C=O) groups is 2. The highest BCUT2D eigenvalue weighted by Crippen LogP contribution is 2.28. The second kappa shape index (κ2) is 8.93. The number of nitrogen functional groups attached to an aromatic ring is 1. The maximum absolute atomic E-state index is 14.9. The summed E-state index contributed by atoms with van der Waals surface area (Å²) in [5, 5.41) is 38.1. The van der Waals surface area contributed by atoms with Gasteiger partial charge < -0.3 is 25.4 Å². The molecule has 2 atom stereocenters. The van der Waals surface area contributed by atoms with Crippen molar-refractivity contribution in [3.63, 3.8) is 0 Å². The fraction of sp³-hybridized carbons (Fsp3) is 0.227. The number of nitrogens with zero attached hydrogens (tertiary/aromatic N) is 7. The van der Waals surface area contributed by atoms with Gasteiger partial charge in [0.1, 0.15) is 6.07 Å². The summed E-state index contributed by atoms with van der Waals surface area (Å²) in [7, 11) is 0. The minimum Gasteiger partial charge on any atom is -0.380 e. The molecule has 4 N–H and O–H groups in total. The Labute approximate surface area is 207 Å². The molecular weight excluding hydrogens is 489 g/mol. The van der Waals surface area contributed by atoms with Gasteiger partial charge in [-0.05, 0) is 19.1 Å². The molecule has 5 rings (SSSR count). The van der Waals surface area contributed by atoms with Gasteiger partial charge in [0.2, 0.25) is 0 Å². The fourth-order valence-electron chi connectivity index (χ4n) is 3.80. The van der Waals surface area contributed by atoms with Gasteiger partial charge in [-0.2, -0.15) is 10.4 Å². The van der Waals surface area contributed by atoms with Crippen molar-refractivity contribution in [1.29, 1.82) is 5.26 Å². The Hall–Kier alpha value is -4.94. The quantitative estimate of drug-likeness (QED) is 0.340. The summed E-state index contributed by atoms with van der Waals surface area (Å²) in [6.07, 6.45) is 0.603. The molecule has 1 aromatic carbocycles. The smallest absolute Gasteiger partial charge is 0.261 e. The first-order valence-corrected chi connectivity index (χ1v) is 10.8. The molecule has 1 saturated heterocycles. The lowest BCUT2D eigenvalue weighted by atomic mass is 9.95. The molecule has 1 aliphatic heterocycles. The predicted octanol–water partition coefficient (Wildman–Crippen LogP) is 0.518. The highest BCUT2D eigenvalue weighted by atomic mass is 19.1. The van der Waals surface area contributed by atoms with Gasteiger partial charge in [-0.3, -0.25) is 14.5 Å². The summed E-state index contributed by atoms with van der Waals surface area (Å²) in [6, 6.07) is 7.71. The molecule has 0 saturated carbocycles. The fourth-order valence-corrected chi connectivity index (χ4v) is 3.80. The number of anilines is 3. The molecule has 0 aliphatic carbocycles. The average molecular weight is 507 g/mol. The molecule has 1 fully saturated rings. The molecule has 0 spiro atoms. The van der Waals surface area contributed by atoms with Crippen LogP contribution in [-0.4, -0.2) is 66.9 Å². The van der Waals surface area contributed by atoms with Gasteiger partial charge in [0, 0.05) is 17.8 Å². The summed E-state index contributed by atoms with van der Waals surface area (Å²) >= 11 is 0. The van der Waals surface area contributed by atoms with E-state index in [9.17, 15) is 19.1 Å². The van der Waals surface area contributed by atoms with Gasteiger partial charge in [-0.15, -0.1) is 10.2 Å². The van der Waals surface area contributed by atoms with E-state index in [2.05, 4.69) is 25.8 Å². The third kappa shape index (κ3) is 4.20. The molecule has 4 aromatic rings. The maximum Gasteiger partial charge on any atom is 0.261 e. The van der Waals surface area contributed by atoms with Crippen LogP contribution in [0.15, 0.2) is 41.2 Å². The number of aliphatic hydroxyl groups is 1. The number of ether oxygens (including phenoxy) is 1. The topological polar surface area (TPSA) is 198 Å². The van der Waals surface area contributed by atoms with Crippen LogP contribution in [0.5, 0.6) is 0 Å². The number of aromatic nitrogens is 5. The first kappa shape index (κ1) is 23.8. The van der Waals surface area contributed by atoms with Crippen LogP contribution in [0.2, 0.25) is 0 Å². The van der Waals surface area contributed by atoms with E-state index in [4.69, 9.17) is 20.3 Å². The number of rotatable bonds is 5. The second-order valence-electron chi connectivity index (χ2n) is 8.28. The number of benzene rings is 1. The third-order valence-electron chi connectivity index (χ3n) is 5.74. The highest BCUT2D eigenvalue weighted by Gasteiger charge is 2.49. The summed E-state index contributed by atoms with van der Waals surface area (Å²) in [6.45, 7) is 0.924. The van der Waals surface area contributed by atoms with Gasteiger partial charge in [0.25, 0.3) is 11.8 Å². The Balaban J connectivity index is 1.37. The largest absolute Gasteiger partial charge is 0.380 e. The second-order valence-corrected chi connectivity index (χ2v) is 8.28. The Bertz CT molecular complexity index is 1570. The van der Waals surface area contributed by atoms with E-state index in [-0.39, 0.29) is 41.9 Å². The molecule has 0 bridgehead atoms. The number of nitrogens with one attached hydrogen (secondary N) is 1. The van der Waals surface area contributed by atoms with Crippen molar-refractivity contribution in [2.75, 3.05) is 29.1 Å². The molecular formula is C22H18FN9O5. The van der Waals surface area contributed by atoms with Crippen LogP contribution in [-0.2, 0) is 14.3 Å². The molecule has 3 aromatic heterocycles. The van der Waals surface area contributed by atoms with E-state index < -0.39 is 29.3 Å². The van der Waals surface area contributed by atoms with Crippen molar-refractivity contribution in [1.82, 2.24) is 25.1 Å². The predicted molar refractivity (Wildman–Crippen MR) is 124 cm³/mol. The van der Waals surface area contributed by atoms with Crippen molar-refractivity contribution in [3.05, 3.63) is 48.2 Å².